The van der Waals surface area contributed by atoms with E-state index in [1.54, 1.807) is 30.3 Å². The maximum Gasteiger partial charge on any atom is 0.337 e. The van der Waals surface area contributed by atoms with Crippen molar-refractivity contribution in [2.24, 2.45) is 0 Å². The summed E-state index contributed by atoms with van der Waals surface area (Å²) < 4.78 is 10.7. The Bertz CT molecular complexity index is 853. The van der Waals surface area contributed by atoms with Gasteiger partial charge in [-0.05, 0) is 61.1 Å². The highest BCUT2D eigenvalue weighted by atomic mass is 79.9. The van der Waals surface area contributed by atoms with Gasteiger partial charge in [-0.3, -0.25) is 10.1 Å². The molecule has 0 saturated carbocycles. The monoisotopic (exact) mass is 436 g/mol. The number of thiocarbonyl (C=S) groups is 1. The van der Waals surface area contributed by atoms with Crippen LogP contribution < -0.4 is 15.4 Å². The molecule has 136 valence electrons. The fourth-order valence-electron chi connectivity index (χ4n) is 2.31. The zero-order valence-electron chi connectivity index (χ0n) is 14.4. The van der Waals surface area contributed by atoms with Crippen molar-refractivity contribution in [3.05, 3.63) is 57.6 Å². The number of hydrogen-bond acceptors (Lipinski definition) is 5. The lowest BCUT2D eigenvalue weighted by Gasteiger charge is -2.14. The fraction of sp³-hybridized carbons (Fsp3) is 0.167. The zero-order valence-corrected chi connectivity index (χ0v) is 16.8. The maximum absolute atomic E-state index is 12.5. The Morgan fingerprint density at radius 3 is 2.35 bits per heavy atom. The van der Waals surface area contributed by atoms with Crippen molar-refractivity contribution in [3.63, 3.8) is 0 Å². The lowest BCUT2D eigenvalue weighted by Crippen LogP contribution is -2.34. The number of esters is 1. The molecule has 0 fully saturated rings. The third-order valence-corrected chi connectivity index (χ3v) is 4.14. The van der Waals surface area contributed by atoms with E-state index in [1.807, 2.05) is 13.0 Å². The minimum Gasteiger partial charge on any atom is -0.496 e. The molecule has 26 heavy (non-hydrogen) atoms. The minimum absolute atomic E-state index is 0.125. The highest BCUT2D eigenvalue weighted by Gasteiger charge is 2.17. The molecule has 2 aromatic carbocycles. The summed E-state index contributed by atoms with van der Waals surface area (Å²) in [5, 5.41) is 5.63. The number of carbonyl (C=O) groups excluding carboxylic acids is 2. The molecular weight excluding hydrogens is 420 g/mol. The maximum atomic E-state index is 12.5. The van der Waals surface area contributed by atoms with Gasteiger partial charge in [-0.2, -0.15) is 0 Å². The number of anilines is 1. The first-order valence-corrected chi connectivity index (χ1v) is 8.70. The Balaban J connectivity index is 2.08. The van der Waals surface area contributed by atoms with E-state index < -0.39 is 11.9 Å². The van der Waals surface area contributed by atoms with E-state index in [2.05, 4.69) is 31.3 Å². The van der Waals surface area contributed by atoms with Crippen LogP contribution >= 0.6 is 28.1 Å². The molecule has 2 N–H and O–H groups in total. The van der Waals surface area contributed by atoms with Gasteiger partial charge in [0.05, 0.1) is 25.3 Å². The van der Waals surface area contributed by atoms with Crippen LogP contribution in [0.2, 0.25) is 0 Å². The number of benzene rings is 2. The van der Waals surface area contributed by atoms with E-state index in [4.69, 9.17) is 17.0 Å². The molecular formula is C18H17BrN2O4S. The Labute approximate surface area is 165 Å². The molecule has 0 spiro atoms. The zero-order chi connectivity index (χ0) is 19.3. The van der Waals surface area contributed by atoms with Gasteiger partial charge in [0, 0.05) is 10.2 Å². The molecule has 0 heterocycles. The Hall–Kier alpha value is -2.45. The second kappa shape index (κ2) is 8.77. The summed E-state index contributed by atoms with van der Waals surface area (Å²) in [6, 6.07) is 10.0. The number of ether oxygens (including phenoxy) is 2. The summed E-state index contributed by atoms with van der Waals surface area (Å²) in [4.78, 5) is 23.9. The average Bonchev–Trinajstić information content (AvgIpc) is 2.60. The summed E-state index contributed by atoms with van der Waals surface area (Å²) >= 11 is 8.54. The Morgan fingerprint density at radius 1 is 1.12 bits per heavy atom. The molecule has 0 aliphatic carbocycles. The Kier molecular flexibility index (Phi) is 6.70. The number of rotatable bonds is 4. The summed E-state index contributed by atoms with van der Waals surface area (Å²) in [6.45, 7) is 1.85. The Morgan fingerprint density at radius 2 is 1.77 bits per heavy atom. The number of aryl methyl sites for hydroxylation is 1. The van der Waals surface area contributed by atoms with Crippen LogP contribution in [0.1, 0.15) is 26.3 Å². The molecule has 2 aromatic rings. The summed E-state index contributed by atoms with van der Waals surface area (Å²) in [7, 11) is 2.82. The van der Waals surface area contributed by atoms with E-state index in [0.29, 0.717) is 22.6 Å². The van der Waals surface area contributed by atoms with Gasteiger partial charge < -0.3 is 14.8 Å². The lowest BCUT2D eigenvalue weighted by molar-refractivity contribution is 0.0600. The van der Waals surface area contributed by atoms with Gasteiger partial charge in [0.1, 0.15) is 5.75 Å². The number of amides is 1. The molecule has 0 bridgehead atoms. The molecule has 0 saturated heterocycles. The van der Waals surface area contributed by atoms with Gasteiger partial charge in [0.15, 0.2) is 5.11 Å². The van der Waals surface area contributed by atoms with Crippen molar-refractivity contribution < 1.29 is 19.1 Å². The number of carbonyl (C=O) groups is 2. The van der Waals surface area contributed by atoms with Gasteiger partial charge in [-0.1, -0.05) is 15.9 Å². The first kappa shape index (κ1) is 19.9. The number of hydrogen-bond donors (Lipinski definition) is 2. The van der Waals surface area contributed by atoms with E-state index in [-0.39, 0.29) is 5.11 Å². The van der Waals surface area contributed by atoms with Crippen LogP contribution in [0.3, 0.4) is 0 Å². The van der Waals surface area contributed by atoms with Crippen LogP contribution in [0.25, 0.3) is 0 Å². The van der Waals surface area contributed by atoms with E-state index in [1.165, 1.54) is 14.2 Å². The molecule has 1 amide bonds. The molecule has 0 unspecified atom stereocenters. The summed E-state index contributed by atoms with van der Waals surface area (Å²) in [5.41, 5.74) is 2.23. The lowest BCUT2D eigenvalue weighted by atomic mass is 10.1. The van der Waals surface area contributed by atoms with Gasteiger partial charge in [0.2, 0.25) is 0 Å². The minimum atomic E-state index is -0.426. The summed E-state index contributed by atoms with van der Waals surface area (Å²) in [5.74, 6) is -0.338. The normalized spacial score (nSPS) is 10.0. The van der Waals surface area contributed by atoms with Crippen molar-refractivity contribution in [1.29, 1.82) is 0 Å². The van der Waals surface area contributed by atoms with Crippen LogP contribution in [0, 0.1) is 6.92 Å². The second-order valence-corrected chi connectivity index (χ2v) is 6.60. The molecule has 8 heteroatoms. The molecule has 0 aliphatic heterocycles. The van der Waals surface area contributed by atoms with Crippen molar-refractivity contribution in [3.8, 4) is 5.75 Å². The van der Waals surface area contributed by atoms with Crippen LogP contribution in [0.5, 0.6) is 5.75 Å². The molecule has 0 atom stereocenters. The number of methoxy groups -OCH3 is 2. The third kappa shape index (κ3) is 4.80. The second-order valence-electron chi connectivity index (χ2n) is 5.28. The van der Waals surface area contributed by atoms with Crippen LogP contribution in [0.15, 0.2) is 40.9 Å². The first-order chi connectivity index (χ1) is 12.3. The van der Waals surface area contributed by atoms with Gasteiger partial charge >= 0.3 is 5.97 Å². The molecule has 0 aromatic heterocycles. The van der Waals surface area contributed by atoms with Crippen molar-refractivity contribution >= 4 is 50.8 Å². The summed E-state index contributed by atoms with van der Waals surface area (Å²) in [6.07, 6.45) is 0. The highest BCUT2D eigenvalue weighted by Crippen LogP contribution is 2.27. The van der Waals surface area contributed by atoms with E-state index >= 15 is 0 Å². The topological polar surface area (TPSA) is 76.7 Å². The van der Waals surface area contributed by atoms with Crippen LogP contribution in [0.4, 0.5) is 5.69 Å². The van der Waals surface area contributed by atoms with Gasteiger partial charge in [-0.25, -0.2) is 4.79 Å². The van der Waals surface area contributed by atoms with E-state index in [0.717, 1.165) is 10.0 Å². The average molecular weight is 437 g/mol. The smallest absolute Gasteiger partial charge is 0.337 e. The fourth-order valence-corrected chi connectivity index (χ4v) is 3.09. The van der Waals surface area contributed by atoms with Crippen molar-refractivity contribution in [1.82, 2.24) is 5.32 Å². The van der Waals surface area contributed by atoms with Gasteiger partial charge in [-0.15, -0.1) is 0 Å². The predicted octanol–water partition coefficient (Wildman–Crippen LogP) is 3.68. The highest BCUT2D eigenvalue weighted by molar-refractivity contribution is 9.10. The quantitative estimate of drug-likeness (QED) is 0.562. The van der Waals surface area contributed by atoms with Crippen LogP contribution in [-0.2, 0) is 4.74 Å². The largest absolute Gasteiger partial charge is 0.496 e. The molecule has 0 aliphatic rings. The van der Waals surface area contributed by atoms with Crippen molar-refractivity contribution in [2.45, 2.75) is 6.92 Å². The first-order valence-electron chi connectivity index (χ1n) is 7.50. The standard InChI is InChI=1S/C18H17BrN2O4S/c1-10-8-12(19)9-14(15(10)24-2)16(22)21-18(26)20-13-6-4-11(5-7-13)17(23)25-3/h4-9H,1-3H3,(H2,20,21,22,26). The molecule has 6 nitrogen and oxygen atoms in total. The van der Waals surface area contributed by atoms with Gasteiger partial charge in [0.25, 0.3) is 5.91 Å². The SMILES string of the molecule is COC(=O)c1ccc(NC(=S)NC(=O)c2cc(Br)cc(C)c2OC)cc1. The van der Waals surface area contributed by atoms with Crippen LogP contribution in [-0.4, -0.2) is 31.2 Å². The van der Waals surface area contributed by atoms with E-state index in [9.17, 15) is 9.59 Å². The number of nitrogens with one attached hydrogen (secondary N) is 2. The molecule has 0 radical (unpaired) electrons. The number of halogens is 1. The predicted molar refractivity (Wildman–Crippen MR) is 107 cm³/mol. The third-order valence-electron chi connectivity index (χ3n) is 3.48. The molecule has 2 rings (SSSR count). The van der Waals surface area contributed by atoms with Crippen molar-refractivity contribution in [2.75, 3.05) is 19.5 Å².